The molecule has 1 aromatic carbocycles. The van der Waals surface area contributed by atoms with Crippen LogP contribution in [-0.2, 0) is 11.3 Å². The number of ether oxygens (including phenoxy) is 1. The normalized spacial score (nSPS) is 12.2. The van der Waals surface area contributed by atoms with Gasteiger partial charge in [-0.1, -0.05) is 23.7 Å². The molecule has 0 fully saturated rings. The number of halogens is 1. The number of hydrogen-bond donors (Lipinski definition) is 1. The van der Waals surface area contributed by atoms with Gasteiger partial charge in [-0.15, -0.1) is 11.3 Å². The molecule has 3 rings (SSSR count). The van der Waals surface area contributed by atoms with Crippen LogP contribution < -0.4 is 5.32 Å². The summed E-state index contributed by atoms with van der Waals surface area (Å²) in [5.41, 5.74) is 2.97. The molecular formula is C19H21ClN4OS. The average molecular weight is 389 g/mol. The third kappa shape index (κ3) is 4.38. The van der Waals surface area contributed by atoms with Crippen LogP contribution >= 0.6 is 22.9 Å². The molecule has 1 atom stereocenters. The lowest BCUT2D eigenvalue weighted by atomic mass is 10.1. The van der Waals surface area contributed by atoms with E-state index in [2.05, 4.69) is 29.1 Å². The average Bonchev–Trinajstić information content (AvgIpc) is 2.97. The number of nitrogens with zero attached hydrogens (tertiary/aromatic N) is 3. The standard InChI is InChI=1S/C19H21ClN4OS/c1-11-9-16(23-17(21-11)10-25-4)22-12(2)19-24-18(13(3)26-19)14-5-7-15(20)8-6-14/h5-9,12H,10H2,1-4H3,(H,21,22,23). The Morgan fingerprint density at radius 3 is 2.58 bits per heavy atom. The van der Waals surface area contributed by atoms with E-state index in [1.807, 2.05) is 37.3 Å². The molecule has 0 spiro atoms. The Morgan fingerprint density at radius 2 is 1.88 bits per heavy atom. The Bertz CT molecular complexity index is 895. The number of methoxy groups -OCH3 is 1. The molecule has 2 aromatic heterocycles. The molecule has 136 valence electrons. The fraction of sp³-hybridized carbons (Fsp3) is 0.316. The predicted molar refractivity (Wildman–Crippen MR) is 107 cm³/mol. The van der Waals surface area contributed by atoms with Gasteiger partial charge in [0.15, 0.2) is 5.82 Å². The molecule has 0 saturated carbocycles. The second kappa shape index (κ2) is 8.12. The molecule has 7 heteroatoms. The second-order valence-electron chi connectivity index (χ2n) is 6.07. The maximum Gasteiger partial charge on any atom is 0.156 e. The molecular weight excluding hydrogens is 368 g/mol. The molecule has 1 unspecified atom stereocenters. The van der Waals surface area contributed by atoms with Crippen LogP contribution in [0.15, 0.2) is 30.3 Å². The van der Waals surface area contributed by atoms with Crippen LogP contribution in [-0.4, -0.2) is 22.1 Å². The van der Waals surface area contributed by atoms with Crippen molar-refractivity contribution in [2.24, 2.45) is 0 Å². The van der Waals surface area contributed by atoms with Crippen LogP contribution in [0.1, 0.15) is 34.4 Å². The number of aromatic nitrogens is 3. The van der Waals surface area contributed by atoms with Crippen molar-refractivity contribution < 1.29 is 4.74 Å². The summed E-state index contributed by atoms with van der Waals surface area (Å²) in [6, 6.07) is 9.73. The van der Waals surface area contributed by atoms with Crippen LogP contribution in [0, 0.1) is 13.8 Å². The van der Waals surface area contributed by atoms with Crippen LogP contribution in [0.25, 0.3) is 11.3 Å². The minimum Gasteiger partial charge on any atom is -0.377 e. The predicted octanol–water partition coefficient (Wildman–Crippen LogP) is 5.19. The SMILES string of the molecule is COCc1nc(C)cc(NC(C)c2nc(-c3ccc(Cl)cc3)c(C)s2)n1. The Hall–Kier alpha value is -2.02. The Kier molecular flexibility index (Phi) is 5.86. The zero-order chi connectivity index (χ0) is 18.7. The Morgan fingerprint density at radius 1 is 1.15 bits per heavy atom. The van der Waals surface area contributed by atoms with Gasteiger partial charge < -0.3 is 10.1 Å². The van der Waals surface area contributed by atoms with E-state index < -0.39 is 0 Å². The van der Waals surface area contributed by atoms with E-state index in [9.17, 15) is 0 Å². The Balaban J connectivity index is 1.81. The summed E-state index contributed by atoms with van der Waals surface area (Å²) in [6.07, 6.45) is 0. The molecule has 0 bridgehead atoms. The monoisotopic (exact) mass is 388 g/mol. The zero-order valence-corrected chi connectivity index (χ0v) is 16.8. The topological polar surface area (TPSA) is 59.9 Å². The first kappa shape index (κ1) is 18.8. The van der Waals surface area contributed by atoms with Crippen molar-refractivity contribution in [3.05, 3.63) is 56.8 Å². The number of aryl methyl sites for hydroxylation is 2. The van der Waals surface area contributed by atoms with Gasteiger partial charge in [0, 0.05) is 34.3 Å². The fourth-order valence-electron chi connectivity index (χ4n) is 2.66. The quantitative estimate of drug-likeness (QED) is 0.629. The number of nitrogens with one attached hydrogen (secondary N) is 1. The highest BCUT2D eigenvalue weighted by atomic mass is 35.5. The fourth-order valence-corrected chi connectivity index (χ4v) is 3.73. The number of anilines is 1. The van der Waals surface area contributed by atoms with Gasteiger partial charge in [0.1, 0.15) is 17.4 Å². The third-order valence-corrected chi connectivity index (χ3v) is 5.25. The highest BCUT2D eigenvalue weighted by molar-refractivity contribution is 7.12. The van der Waals surface area contributed by atoms with Gasteiger partial charge in [-0.25, -0.2) is 15.0 Å². The molecule has 1 N–H and O–H groups in total. The van der Waals surface area contributed by atoms with Crippen molar-refractivity contribution in [2.75, 3.05) is 12.4 Å². The molecule has 0 aliphatic heterocycles. The first-order valence-electron chi connectivity index (χ1n) is 8.29. The summed E-state index contributed by atoms with van der Waals surface area (Å²) < 4.78 is 5.13. The van der Waals surface area contributed by atoms with E-state index >= 15 is 0 Å². The first-order chi connectivity index (χ1) is 12.5. The van der Waals surface area contributed by atoms with Gasteiger partial charge in [-0.2, -0.15) is 0 Å². The van der Waals surface area contributed by atoms with Crippen molar-refractivity contribution in [1.82, 2.24) is 15.0 Å². The molecule has 0 amide bonds. The summed E-state index contributed by atoms with van der Waals surface area (Å²) in [5, 5.41) is 5.16. The van der Waals surface area contributed by atoms with Gasteiger partial charge in [-0.05, 0) is 32.9 Å². The minimum absolute atomic E-state index is 0.0319. The number of rotatable bonds is 6. The summed E-state index contributed by atoms with van der Waals surface area (Å²) in [6.45, 7) is 6.51. The Labute approximate surface area is 162 Å². The molecule has 0 saturated heterocycles. The van der Waals surface area contributed by atoms with E-state index in [1.165, 1.54) is 4.88 Å². The molecule has 0 aliphatic carbocycles. The summed E-state index contributed by atoms with van der Waals surface area (Å²) in [7, 11) is 1.64. The highest BCUT2D eigenvalue weighted by Crippen LogP contribution is 2.32. The minimum atomic E-state index is 0.0319. The van der Waals surface area contributed by atoms with Crippen LogP contribution in [0.2, 0.25) is 5.02 Å². The summed E-state index contributed by atoms with van der Waals surface area (Å²) in [4.78, 5) is 14.9. The van der Waals surface area contributed by atoms with Gasteiger partial charge in [0.2, 0.25) is 0 Å². The maximum atomic E-state index is 5.98. The van der Waals surface area contributed by atoms with Gasteiger partial charge in [-0.3, -0.25) is 0 Å². The maximum absolute atomic E-state index is 5.98. The summed E-state index contributed by atoms with van der Waals surface area (Å²) >= 11 is 7.67. The zero-order valence-electron chi connectivity index (χ0n) is 15.2. The van der Waals surface area contributed by atoms with Gasteiger partial charge in [0.05, 0.1) is 11.7 Å². The summed E-state index contributed by atoms with van der Waals surface area (Å²) in [5.74, 6) is 1.44. The highest BCUT2D eigenvalue weighted by Gasteiger charge is 2.16. The van der Waals surface area contributed by atoms with Crippen molar-refractivity contribution in [2.45, 2.75) is 33.4 Å². The lowest BCUT2D eigenvalue weighted by Gasteiger charge is -2.13. The molecule has 3 aromatic rings. The van der Waals surface area contributed by atoms with Crippen molar-refractivity contribution >= 4 is 28.8 Å². The second-order valence-corrected chi connectivity index (χ2v) is 7.74. The smallest absolute Gasteiger partial charge is 0.156 e. The number of benzene rings is 1. The van der Waals surface area contributed by atoms with Crippen LogP contribution in [0.4, 0.5) is 5.82 Å². The number of thiazole rings is 1. The van der Waals surface area contributed by atoms with E-state index in [-0.39, 0.29) is 6.04 Å². The van der Waals surface area contributed by atoms with E-state index in [1.54, 1.807) is 18.4 Å². The first-order valence-corrected chi connectivity index (χ1v) is 9.49. The lowest BCUT2D eigenvalue weighted by molar-refractivity contribution is 0.177. The molecule has 5 nitrogen and oxygen atoms in total. The van der Waals surface area contributed by atoms with E-state index in [0.717, 1.165) is 32.8 Å². The number of hydrogen-bond acceptors (Lipinski definition) is 6. The molecule has 0 aliphatic rings. The van der Waals surface area contributed by atoms with E-state index in [0.29, 0.717) is 12.4 Å². The van der Waals surface area contributed by atoms with Crippen molar-refractivity contribution in [3.63, 3.8) is 0 Å². The van der Waals surface area contributed by atoms with Crippen LogP contribution in [0.5, 0.6) is 0 Å². The van der Waals surface area contributed by atoms with E-state index in [4.69, 9.17) is 21.3 Å². The van der Waals surface area contributed by atoms with Crippen molar-refractivity contribution in [3.8, 4) is 11.3 Å². The largest absolute Gasteiger partial charge is 0.377 e. The third-order valence-electron chi connectivity index (χ3n) is 3.84. The molecule has 26 heavy (non-hydrogen) atoms. The lowest BCUT2D eigenvalue weighted by Crippen LogP contribution is -2.10. The van der Waals surface area contributed by atoms with Gasteiger partial charge >= 0.3 is 0 Å². The van der Waals surface area contributed by atoms with Crippen molar-refractivity contribution in [1.29, 1.82) is 0 Å². The molecule has 0 radical (unpaired) electrons. The van der Waals surface area contributed by atoms with Gasteiger partial charge in [0.25, 0.3) is 0 Å². The van der Waals surface area contributed by atoms with Crippen LogP contribution in [0.3, 0.4) is 0 Å². The molecule has 2 heterocycles.